The standard InChI is InChI=1S/C11H15ClN2O4S/c1-14(7-3-4-11(15)18-2)19(16,17)10-8-13-6-5-9(10)12/h5-6,8H,3-4,7H2,1-2H3. The van der Waals surface area contributed by atoms with Gasteiger partial charge in [-0.25, -0.2) is 12.7 Å². The van der Waals surface area contributed by atoms with Crippen LogP contribution in [0.4, 0.5) is 0 Å². The predicted molar refractivity (Wildman–Crippen MR) is 70.3 cm³/mol. The predicted octanol–water partition coefficient (Wildman–Crippen LogP) is 1.31. The summed E-state index contributed by atoms with van der Waals surface area (Å²) in [7, 11) is -0.971. The second-order valence-electron chi connectivity index (χ2n) is 3.81. The number of aromatic nitrogens is 1. The number of sulfonamides is 1. The minimum atomic E-state index is -3.69. The number of nitrogens with zero attached hydrogens (tertiary/aromatic N) is 2. The fourth-order valence-corrected chi connectivity index (χ4v) is 3.00. The van der Waals surface area contributed by atoms with Gasteiger partial charge in [-0.05, 0) is 12.5 Å². The van der Waals surface area contributed by atoms with Gasteiger partial charge in [-0.1, -0.05) is 11.6 Å². The van der Waals surface area contributed by atoms with E-state index in [1.807, 2.05) is 0 Å². The molecule has 0 aliphatic heterocycles. The van der Waals surface area contributed by atoms with Gasteiger partial charge >= 0.3 is 5.97 Å². The first-order valence-corrected chi connectivity index (χ1v) is 7.34. The highest BCUT2D eigenvalue weighted by atomic mass is 35.5. The molecule has 0 bridgehead atoms. The van der Waals surface area contributed by atoms with Crippen LogP contribution in [-0.2, 0) is 19.6 Å². The molecule has 0 N–H and O–H groups in total. The lowest BCUT2D eigenvalue weighted by Crippen LogP contribution is -2.28. The van der Waals surface area contributed by atoms with Crippen molar-refractivity contribution in [1.82, 2.24) is 9.29 Å². The average Bonchev–Trinajstić information content (AvgIpc) is 2.38. The zero-order valence-corrected chi connectivity index (χ0v) is 12.2. The van der Waals surface area contributed by atoms with E-state index in [2.05, 4.69) is 9.72 Å². The molecule has 0 fully saturated rings. The fraction of sp³-hybridized carbons (Fsp3) is 0.455. The molecule has 0 saturated heterocycles. The third-order valence-corrected chi connectivity index (χ3v) is 4.83. The Balaban J connectivity index is 2.73. The summed E-state index contributed by atoms with van der Waals surface area (Å²) in [6, 6.07) is 1.41. The van der Waals surface area contributed by atoms with Gasteiger partial charge in [-0.15, -0.1) is 0 Å². The summed E-state index contributed by atoms with van der Waals surface area (Å²) in [4.78, 5) is 14.7. The van der Waals surface area contributed by atoms with Crippen molar-refractivity contribution >= 4 is 27.6 Å². The Morgan fingerprint density at radius 1 is 1.53 bits per heavy atom. The maximum Gasteiger partial charge on any atom is 0.305 e. The van der Waals surface area contributed by atoms with Gasteiger partial charge in [-0.2, -0.15) is 0 Å². The van der Waals surface area contributed by atoms with E-state index in [-0.39, 0.29) is 28.9 Å². The minimum absolute atomic E-state index is 0.0442. The van der Waals surface area contributed by atoms with E-state index in [0.717, 1.165) is 4.31 Å². The molecule has 1 rings (SSSR count). The van der Waals surface area contributed by atoms with Gasteiger partial charge in [0, 0.05) is 32.4 Å². The number of carbonyl (C=O) groups is 1. The number of pyridine rings is 1. The fourth-order valence-electron chi connectivity index (χ4n) is 1.39. The van der Waals surface area contributed by atoms with E-state index in [4.69, 9.17) is 11.6 Å². The molecule has 0 aliphatic rings. The Kier molecular flexibility index (Phi) is 5.71. The van der Waals surface area contributed by atoms with Gasteiger partial charge in [0.2, 0.25) is 10.0 Å². The molecule has 1 aromatic heterocycles. The van der Waals surface area contributed by atoms with Crippen molar-refractivity contribution in [2.45, 2.75) is 17.7 Å². The average molecular weight is 307 g/mol. The second-order valence-corrected chi connectivity index (χ2v) is 6.23. The summed E-state index contributed by atoms with van der Waals surface area (Å²) in [6.45, 7) is 0.197. The molecule has 6 nitrogen and oxygen atoms in total. The largest absolute Gasteiger partial charge is 0.469 e. The molecule has 0 saturated carbocycles. The summed E-state index contributed by atoms with van der Waals surface area (Å²) in [5.74, 6) is -0.370. The van der Waals surface area contributed by atoms with Crippen molar-refractivity contribution in [2.75, 3.05) is 20.7 Å². The van der Waals surface area contributed by atoms with Crippen LogP contribution in [0.25, 0.3) is 0 Å². The number of esters is 1. The highest BCUT2D eigenvalue weighted by Gasteiger charge is 2.23. The van der Waals surface area contributed by atoms with Crippen molar-refractivity contribution in [1.29, 1.82) is 0 Å². The monoisotopic (exact) mass is 306 g/mol. The van der Waals surface area contributed by atoms with Gasteiger partial charge in [0.15, 0.2) is 0 Å². The molecule has 0 spiro atoms. The van der Waals surface area contributed by atoms with Gasteiger partial charge in [-0.3, -0.25) is 9.78 Å². The summed E-state index contributed by atoms with van der Waals surface area (Å²) in [6.07, 6.45) is 3.16. The van der Waals surface area contributed by atoms with Crippen molar-refractivity contribution in [3.05, 3.63) is 23.5 Å². The molecule has 0 amide bonds. The van der Waals surface area contributed by atoms with Crippen molar-refractivity contribution < 1.29 is 17.9 Å². The highest BCUT2D eigenvalue weighted by molar-refractivity contribution is 7.89. The van der Waals surface area contributed by atoms with Crippen LogP contribution in [0.3, 0.4) is 0 Å². The van der Waals surface area contributed by atoms with Crippen LogP contribution in [0.5, 0.6) is 0 Å². The molecule has 1 aromatic rings. The molecule has 106 valence electrons. The number of carbonyl (C=O) groups excluding carboxylic acids is 1. The molecule has 0 unspecified atom stereocenters. The van der Waals surface area contributed by atoms with Crippen molar-refractivity contribution in [3.8, 4) is 0 Å². The van der Waals surface area contributed by atoms with Crippen LogP contribution in [0.2, 0.25) is 5.02 Å². The van der Waals surface area contributed by atoms with E-state index >= 15 is 0 Å². The van der Waals surface area contributed by atoms with Gasteiger partial charge in [0.25, 0.3) is 0 Å². The normalized spacial score (nSPS) is 11.6. The number of ether oxygens (including phenoxy) is 1. The topological polar surface area (TPSA) is 76.6 Å². The van der Waals surface area contributed by atoms with Crippen LogP contribution in [-0.4, -0.2) is 44.4 Å². The zero-order valence-electron chi connectivity index (χ0n) is 10.7. The first-order valence-electron chi connectivity index (χ1n) is 5.52. The summed E-state index contributed by atoms with van der Waals surface area (Å²) in [5, 5.41) is 0.120. The highest BCUT2D eigenvalue weighted by Crippen LogP contribution is 2.22. The maximum absolute atomic E-state index is 12.2. The lowest BCUT2D eigenvalue weighted by Gasteiger charge is -2.17. The van der Waals surface area contributed by atoms with Crippen LogP contribution in [0.1, 0.15) is 12.8 Å². The zero-order chi connectivity index (χ0) is 14.5. The first kappa shape index (κ1) is 15.9. The van der Waals surface area contributed by atoms with E-state index in [1.165, 1.54) is 32.6 Å². The van der Waals surface area contributed by atoms with E-state index in [9.17, 15) is 13.2 Å². The van der Waals surface area contributed by atoms with Crippen LogP contribution in [0.15, 0.2) is 23.4 Å². The number of rotatable bonds is 6. The molecule has 1 heterocycles. The Hall–Kier alpha value is -1.18. The summed E-state index contributed by atoms with van der Waals surface area (Å²) < 4.78 is 30.0. The first-order chi connectivity index (χ1) is 8.89. The molecular weight excluding hydrogens is 292 g/mol. The quantitative estimate of drug-likeness (QED) is 0.741. The molecule has 0 atom stereocenters. The summed E-state index contributed by atoms with van der Waals surface area (Å²) in [5.41, 5.74) is 0. The number of hydrogen-bond acceptors (Lipinski definition) is 5. The third kappa shape index (κ3) is 4.15. The van der Waals surface area contributed by atoms with E-state index in [1.54, 1.807) is 0 Å². The van der Waals surface area contributed by atoms with Gasteiger partial charge < -0.3 is 4.74 Å². The van der Waals surface area contributed by atoms with Gasteiger partial charge in [0.05, 0.1) is 12.1 Å². The Morgan fingerprint density at radius 2 is 2.21 bits per heavy atom. The van der Waals surface area contributed by atoms with Crippen molar-refractivity contribution in [2.24, 2.45) is 0 Å². The lowest BCUT2D eigenvalue weighted by molar-refractivity contribution is -0.140. The third-order valence-electron chi connectivity index (χ3n) is 2.50. The van der Waals surface area contributed by atoms with Crippen LogP contribution >= 0.6 is 11.6 Å². The number of halogens is 1. The molecule has 8 heteroatoms. The van der Waals surface area contributed by atoms with Crippen molar-refractivity contribution in [3.63, 3.8) is 0 Å². The van der Waals surface area contributed by atoms with Gasteiger partial charge in [0.1, 0.15) is 4.90 Å². The Morgan fingerprint density at radius 3 is 2.79 bits per heavy atom. The van der Waals surface area contributed by atoms with E-state index in [0.29, 0.717) is 6.42 Å². The molecule has 0 aliphatic carbocycles. The molecule has 0 radical (unpaired) electrons. The number of methoxy groups -OCH3 is 1. The molecular formula is C11H15ClN2O4S. The molecule has 0 aromatic carbocycles. The lowest BCUT2D eigenvalue weighted by atomic mass is 10.3. The number of hydrogen-bond donors (Lipinski definition) is 0. The maximum atomic E-state index is 12.2. The second kappa shape index (κ2) is 6.83. The Bertz CT molecular complexity index is 547. The smallest absolute Gasteiger partial charge is 0.305 e. The minimum Gasteiger partial charge on any atom is -0.469 e. The Labute approximate surface area is 117 Å². The van der Waals surface area contributed by atoms with E-state index < -0.39 is 10.0 Å². The summed E-state index contributed by atoms with van der Waals surface area (Å²) >= 11 is 5.84. The SMILES string of the molecule is COC(=O)CCCN(C)S(=O)(=O)c1cnccc1Cl. The van der Waals surface area contributed by atoms with Crippen LogP contribution < -0.4 is 0 Å². The molecule has 19 heavy (non-hydrogen) atoms. The van der Waals surface area contributed by atoms with Crippen LogP contribution in [0, 0.1) is 0 Å².